The van der Waals surface area contributed by atoms with Crippen molar-refractivity contribution in [2.75, 3.05) is 13.1 Å². The Hall–Kier alpha value is -0.960. The van der Waals surface area contributed by atoms with Gasteiger partial charge < -0.3 is 0 Å². The standard InChI is InChI=1S/C22H12Cl8N2O4/c23-11-7-8(12(24)16(28)15(11)27)20(34)31(19(7)33)5-3-1-2-4-6-32-21(35)9-10(22(32)36)14(26)18(30)17(29)13(9)25/h1-6H2. The Labute approximate surface area is 245 Å². The lowest BCUT2D eigenvalue weighted by Crippen LogP contribution is -2.31. The minimum atomic E-state index is -0.599. The topological polar surface area (TPSA) is 74.8 Å². The molecule has 0 aliphatic carbocycles. The monoisotopic (exact) mass is 648 g/mol. The van der Waals surface area contributed by atoms with E-state index in [4.69, 9.17) is 92.8 Å². The van der Waals surface area contributed by atoms with E-state index in [-0.39, 0.29) is 75.5 Å². The van der Waals surface area contributed by atoms with Crippen LogP contribution in [-0.2, 0) is 0 Å². The van der Waals surface area contributed by atoms with Gasteiger partial charge in [0.05, 0.1) is 62.4 Å². The highest BCUT2D eigenvalue weighted by atomic mass is 35.5. The van der Waals surface area contributed by atoms with Crippen molar-refractivity contribution in [2.24, 2.45) is 0 Å². The lowest BCUT2D eigenvalue weighted by atomic mass is 10.1. The third-order valence-electron chi connectivity index (χ3n) is 5.88. The molecule has 2 aliphatic heterocycles. The van der Waals surface area contributed by atoms with Crippen molar-refractivity contribution in [3.05, 3.63) is 62.4 Å². The molecular weight excluding hydrogens is 640 g/mol. The predicted octanol–water partition coefficient (Wildman–Crippen LogP) is 8.37. The molecule has 2 aliphatic rings. The van der Waals surface area contributed by atoms with Crippen LogP contribution >= 0.6 is 92.8 Å². The van der Waals surface area contributed by atoms with E-state index in [1.54, 1.807) is 0 Å². The van der Waals surface area contributed by atoms with Gasteiger partial charge in [0.15, 0.2) is 0 Å². The minimum absolute atomic E-state index is 0.0655. The quantitative estimate of drug-likeness (QED) is 0.131. The smallest absolute Gasteiger partial charge is 0.263 e. The van der Waals surface area contributed by atoms with Gasteiger partial charge in [-0.05, 0) is 12.8 Å². The fourth-order valence-corrected chi connectivity index (χ4v) is 6.12. The maximum absolute atomic E-state index is 12.8. The summed E-state index contributed by atoms with van der Waals surface area (Å²) in [4.78, 5) is 53.1. The molecule has 190 valence electrons. The molecule has 0 saturated heterocycles. The van der Waals surface area contributed by atoms with E-state index in [0.29, 0.717) is 25.7 Å². The Kier molecular flexibility index (Phi) is 8.31. The van der Waals surface area contributed by atoms with Gasteiger partial charge in [-0.15, -0.1) is 0 Å². The molecule has 2 heterocycles. The van der Waals surface area contributed by atoms with E-state index in [1.165, 1.54) is 0 Å². The number of unbranched alkanes of at least 4 members (excludes halogenated alkanes) is 3. The molecule has 2 aromatic rings. The molecule has 0 saturated carbocycles. The molecule has 0 atom stereocenters. The molecule has 0 bridgehead atoms. The number of halogens is 8. The average molecular weight is 652 g/mol. The number of hydrogen-bond acceptors (Lipinski definition) is 4. The lowest BCUT2D eigenvalue weighted by Gasteiger charge is -2.15. The van der Waals surface area contributed by atoms with E-state index >= 15 is 0 Å². The molecule has 0 fully saturated rings. The van der Waals surface area contributed by atoms with Crippen LogP contribution in [0.25, 0.3) is 0 Å². The zero-order valence-electron chi connectivity index (χ0n) is 17.8. The largest absolute Gasteiger partial charge is 0.274 e. The number of hydrogen-bond donors (Lipinski definition) is 0. The zero-order valence-corrected chi connectivity index (χ0v) is 23.8. The second kappa shape index (κ2) is 10.7. The van der Waals surface area contributed by atoms with Crippen molar-refractivity contribution in [2.45, 2.75) is 25.7 Å². The molecule has 0 N–H and O–H groups in total. The number of imide groups is 2. The fourth-order valence-electron chi connectivity index (χ4n) is 4.09. The summed E-state index contributed by atoms with van der Waals surface area (Å²) < 4.78 is 0. The Balaban J connectivity index is 1.33. The van der Waals surface area contributed by atoms with Gasteiger partial charge in [-0.1, -0.05) is 106 Å². The van der Waals surface area contributed by atoms with Gasteiger partial charge in [0, 0.05) is 13.1 Å². The number of fused-ring (bicyclic) bond motifs is 2. The van der Waals surface area contributed by atoms with Gasteiger partial charge in [0.25, 0.3) is 23.6 Å². The minimum Gasteiger partial charge on any atom is -0.274 e. The van der Waals surface area contributed by atoms with E-state index in [9.17, 15) is 19.2 Å². The number of nitrogens with zero attached hydrogens (tertiary/aromatic N) is 2. The van der Waals surface area contributed by atoms with Gasteiger partial charge >= 0.3 is 0 Å². The van der Waals surface area contributed by atoms with Crippen molar-refractivity contribution in [3.8, 4) is 0 Å². The van der Waals surface area contributed by atoms with Crippen LogP contribution in [0.2, 0.25) is 40.2 Å². The van der Waals surface area contributed by atoms with Crippen molar-refractivity contribution >= 4 is 116 Å². The highest BCUT2D eigenvalue weighted by molar-refractivity contribution is 6.56. The third kappa shape index (κ3) is 4.38. The molecule has 6 nitrogen and oxygen atoms in total. The number of amides is 4. The summed E-state index contributed by atoms with van der Waals surface area (Å²) in [7, 11) is 0. The Morgan fingerprint density at radius 3 is 0.806 bits per heavy atom. The van der Waals surface area contributed by atoms with E-state index in [2.05, 4.69) is 0 Å². The molecule has 0 spiro atoms. The number of benzene rings is 2. The third-order valence-corrected chi connectivity index (χ3v) is 9.49. The molecule has 4 rings (SSSR count). The van der Waals surface area contributed by atoms with Crippen LogP contribution in [0, 0.1) is 0 Å². The van der Waals surface area contributed by atoms with Gasteiger partial charge in [0.1, 0.15) is 0 Å². The van der Waals surface area contributed by atoms with Gasteiger partial charge in [-0.2, -0.15) is 0 Å². The number of rotatable bonds is 7. The first-order valence-electron chi connectivity index (χ1n) is 10.4. The lowest BCUT2D eigenvalue weighted by molar-refractivity contribution is 0.0630. The first kappa shape index (κ1) is 28.1. The molecule has 0 radical (unpaired) electrons. The summed E-state index contributed by atoms with van der Waals surface area (Å²) in [5, 5.41) is -0.848. The van der Waals surface area contributed by atoms with Gasteiger partial charge in [0.2, 0.25) is 0 Å². The first-order valence-corrected chi connectivity index (χ1v) is 13.4. The fraction of sp³-hybridized carbons (Fsp3) is 0.273. The van der Waals surface area contributed by atoms with Crippen LogP contribution in [0.3, 0.4) is 0 Å². The summed E-state index contributed by atoms with van der Waals surface area (Å²) in [6.45, 7) is 0.229. The van der Waals surface area contributed by atoms with Crippen molar-refractivity contribution in [1.29, 1.82) is 0 Å². The SMILES string of the molecule is O=C1c2c(Cl)c(Cl)c(Cl)c(Cl)c2C(=O)N1CCCCCCN1C(=O)c2c(Cl)c(Cl)c(Cl)c(Cl)c2C1=O. The van der Waals surface area contributed by atoms with Crippen molar-refractivity contribution in [3.63, 3.8) is 0 Å². The molecule has 14 heteroatoms. The maximum Gasteiger partial charge on any atom is 0.263 e. The second-order valence-corrected chi connectivity index (χ2v) is 11.0. The molecule has 0 aromatic heterocycles. The highest BCUT2D eigenvalue weighted by Crippen LogP contribution is 2.46. The summed E-state index contributed by atoms with van der Waals surface area (Å²) in [6, 6.07) is 0. The van der Waals surface area contributed by atoms with Gasteiger partial charge in [-0.25, -0.2) is 0 Å². The zero-order chi connectivity index (χ0) is 26.6. The first-order chi connectivity index (χ1) is 16.9. The van der Waals surface area contributed by atoms with Gasteiger partial charge in [-0.3, -0.25) is 29.0 Å². The summed E-state index contributed by atoms with van der Waals surface area (Å²) in [5.41, 5.74) is -0.262. The number of carbonyl (C=O) groups excluding carboxylic acids is 4. The summed E-state index contributed by atoms with van der Waals surface area (Å²) in [6.07, 6.45) is 2.12. The van der Waals surface area contributed by atoms with Crippen LogP contribution < -0.4 is 0 Å². The Morgan fingerprint density at radius 1 is 0.361 bits per heavy atom. The van der Waals surface area contributed by atoms with E-state index < -0.39 is 23.6 Å². The average Bonchev–Trinajstić information content (AvgIpc) is 3.25. The summed E-state index contributed by atoms with van der Waals surface area (Å²) in [5.74, 6) is -2.40. The van der Waals surface area contributed by atoms with E-state index in [1.807, 2.05) is 0 Å². The van der Waals surface area contributed by atoms with Crippen LogP contribution in [-0.4, -0.2) is 46.5 Å². The van der Waals surface area contributed by atoms with Crippen LogP contribution in [0.5, 0.6) is 0 Å². The normalized spacial score (nSPS) is 14.9. The molecule has 0 unspecified atom stereocenters. The second-order valence-electron chi connectivity index (χ2n) is 7.95. The maximum atomic E-state index is 12.8. The van der Waals surface area contributed by atoms with E-state index in [0.717, 1.165) is 9.80 Å². The molecule has 4 amide bonds. The number of carbonyl (C=O) groups is 4. The summed E-state index contributed by atoms with van der Waals surface area (Å²) >= 11 is 48.6. The molecule has 2 aromatic carbocycles. The van der Waals surface area contributed by atoms with Crippen molar-refractivity contribution in [1.82, 2.24) is 9.80 Å². The molecular formula is C22H12Cl8N2O4. The van der Waals surface area contributed by atoms with Crippen LogP contribution in [0.1, 0.15) is 67.1 Å². The molecule has 36 heavy (non-hydrogen) atoms. The Bertz CT molecular complexity index is 1180. The van der Waals surface area contributed by atoms with Crippen molar-refractivity contribution < 1.29 is 19.2 Å². The predicted molar refractivity (Wildman–Crippen MR) is 142 cm³/mol. The highest BCUT2D eigenvalue weighted by Gasteiger charge is 2.42. The van der Waals surface area contributed by atoms with Crippen LogP contribution in [0.15, 0.2) is 0 Å². The Morgan fingerprint density at radius 2 is 0.583 bits per heavy atom. The van der Waals surface area contributed by atoms with Crippen LogP contribution in [0.4, 0.5) is 0 Å².